The predicted molar refractivity (Wildman–Crippen MR) is 113 cm³/mol. The van der Waals surface area contributed by atoms with Crippen LogP contribution in [0.15, 0.2) is 41.4 Å². The van der Waals surface area contributed by atoms with Crippen LogP contribution in [0.25, 0.3) is 0 Å². The van der Waals surface area contributed by atoms with Gasteiger partial charge in [0, 0.05) is 37.8 Å². The highest BCUT2D eigenvalue weighted by atomic mass is 127. The summed E-state index contributed by atoms with van der Waals surface area (Å²) in [5.41, 5.74) is 1.39. The number of guanidine groups is 1. The van der Waals surface area contributed by atoms with Crippen molar-refractivity contribution < 1.29 is 18.3 Å². The molecule has 1 aliphatic heterocycles. The molecule has 8 heteroatoms. The molecule has 0 radical (unpaired) electrons. The number of aliphatic imine (C=N–C) groups is 1. The molecule has 3 rings (SSSR count). The molecular weight excluding hydrogens is 467 g/mol. The van der Waals surface area contributed by atoms with Crippen molar-refractivity contribution in [2.75, 3.05) is 32.1 Å². The van der Waals surface area contributed by atoms with Gasteiger partial charge in [-0.15, -0.1) is 24.0 Å². The van der Waals surface area contributed by atoms with Crippen molar-refractivity contribution >= 4 is 35.6 Å². The second-order valence-corrected chi connectivity index (χ2v) is 5.86. The third-order valence-electron chi connectivity index (χ3n) is 3.86. The monoisotopic (exact) mass is 489 g/mol. The fourth-order valence-corrected chi connectivity index (χ4v) is 2.64. The number of halogens is 3. The number of rotatable bonds is 4. The maximum Gasteiger partial charge on any atom is 0.195 e. The summed E-state index contributed by atoms with van der Waals surface area (Å²) >= 11 is 0. The second kappa shape index (κ2) is 10.3. The minimum absolute atomic E-state index is 0. The molecule has 0 aliphatic carbocycles. The molecule has 146 valence electrons. The smallest absolute Gasteiger partial charge is 0.195 e. The quantitative estimate of drug-likeness (QED) is 0.388. The van der Waals surface area contributed by atoms with Crippen LogP contribution in [-0.4, -0.2) is 32.8 Å². The van der Waals surface area contributed by atoms with Gasteiger partial charge in [0.25, 0.3) is 0 Å². The van der Waals surface area contributed by atoms with E-state index in [-0.39, 0.29) is 24.0 Å². The van der Waals surface area contributed by atoms with Gasteiger partial charge in [0.05, 0.1) is 13.2 Å². The van der Waals surface area contributed by atoms with Crippen LogP contribution in [0.4, 0.5) is 14.5 Å². The van der Waals surface area contributed by atoms with Gasteiger partial charge in [-0.25, -0.2) is 8.78 Å². The van der Waals surface area contributed by atoms with Crippen LogP contribution in [0.3, 0.4) is 0 Å². The first-order valence-electron chi connectivity index (χ1n) is 8.46. The van der Waals surface area contributed by atoms with Crippen molar-refractivity contribution in [1.29, 1.82) is 0 Å². The maximum atomic E-state index is 13.2. The molecule has 2 N–H and O–H groups in total. The highest BCUT2D eigenvalue weighted by Gasteiger charge is 2.11. The molecule has 0 amide bonds. The average molecular weight is 489 g/mol. The van der Waals surface area contributed by atoms with E-state index < -0.39 is 11.6 Å². The van der Waals surface area contributed by atoms with E-state index in [4.69, 9.17) is 9.47 Å². The third kappa shape index (κ3) is 6.23. The molecule has 2 aromatic carbocycles. The topological polar surface area (TPSA) is 54.9 Å². The summed E-state index contributed by atoms with van der Waals surface area (Å²) in [6.07, 6.45) is 1.32. The van der Waals surface area contributed by atoms with Crippen LogP contribution in [0, 0.1) is 11.6 Å². The Morgan fingerprint density at radius 1 is 1.04 bits per heavy atom. The Morgan fingerprint density at radius 2 is 1.74 bits per heavy atom. The minimum Gasteiger partial charge on any atom is -0.490 e. The molecule has 2 aromatic rings. The standard InChI is InChI=1S/C19H21F2N3O2.HI/c1-22-19(23-6-5-13-9-14(20)11-15(21)10-13)24-16-3-4-17-18(12-16)26-8-2-7-25-17;/h3-4,9-12H,2,5-8H2,1H3,(H2,22,23,24);1H. The normalized spacial score (nSPS) is 13.4. The van der Waals surface area contributed by atoms with Crippen molar-refractivity contribution in [2.24, 2.45) is 4.99 Å². The molecule has 1 aliphatic rings. The molecule has 0 saturated heterocycles. The summed E-state index contributed by atoms with van der Waals surface area (Å²) < 4.78 is 37.7. The first kappa shape index (κ1) is 21.2. The lowest BCUT2D eigenvalue weighted by Crippen LogP contribution is -2.32. The van der Waals surface area contributed by atoms with Gasteiger partial charge in [-0.2, -0.15) is 0 Å². The van der Waals surface area contributed by atoms with Gasteiger partial charge < -0.3 is 20.1 Å². The fraction of sp³-hybridized carbons (Fsp3) is 0.316. The number of nitrogens with zero attached hydrogens (tertiary/aromatic N) is 1. The Bertz CT molecular complexity index is 782. The lowest BCUT2D eigenvalue weighted by molar-refractivity contribution is 0.297. The lowest BCUT2D eigenvalue weighted by Gasteiger charge is -2.14. The fourth-order valence-electron chi connectivity index (χ4n) is 2.64. The Labute approximate surface area is 174 Å². The van der Waals surface area contributed by atoms with Crippen LogP contribution < -0.4 is 20.1 Å². The zero-order valence-corrected chi connectivity index (χ0v) is 17.3. The number of fused-ring (bicyclic) bond motifs is 1. The average Bonchev–Trinajstić information content (AvgIpc) is 2.85. The first-order valence-corrected chi connectivity index (χ1v) is 8.46. The number of nitrogens with one attached hydrogen (secondary N) is 2. The Morgan fingerprint density at radius 3 is 2.44 bits per heavy atom. The maximum absolute atomic E-state index is 13.2. The van der Waals surface area contributed by atoms with E-state index in [1.807, 2.05) is 18.2 Å². The van der Waals surface area contributed by atoms with Crippen molar-refractivity contribution in [3.05, 3.63) is 53.6 Å². The zero-order valence-electron chi connectivity index (χ0n) is 14.9. The van der Waals surface area contributed by atoms with Gasteiger partial charge in [-0.1, -0.05) is 0 Å². The Balaban J connectivity index is 0.00000261. The summed E-state index contributed by atoms with van der Waals surface area (Å²) in [7, 11) is 1.65. The van der Waals surface area contributed by atoms with E-state index in [1.165, 1.54) is 12.1 Å². The molecule has 5 nitrogen and oxygen atoms in total. The van der Waals surface area contributed by atoms with E-state index >= 15 is 0 Å². The summed E-state index contributed by atoms with van der Waals surface area (Å²) in [5.74, 6) is 0.822. The highest BCUT2D eigenvalue weighted by Crippen LogP contribution is 2.32. The number of hydrogen-bond donors (Lipinski definition) is 2. The first-order chi connectivity index (χ1) is 12.6. The summed E-state index contributed by atoms with van der Waals surface area (Å²) in [5, 5.41) is 6.28. The van der Waals surface area contributed by atoms with Crippen molar-refractivity contribution in [3.8, 4) is 11.5 Å². The SMILES string of the molecule is CN=C(NCCc1cc(F)cc(F)c1)Nc1ccc2c(c1)OCCCO2.I. The van der Waals surface area contributed by atoms with Crippen LogP contribution in [0.5, 0.6) is 11.5 Å². The zero-order chi connectivity index (χ0) is 18.4. The van der Waals surface area contributed by atoms with Crippen molar-refractivity contribution in [1.82, 2.24) is 5.32 Å². The van der Waals surface area contributed by atoms with Crippen LogP contribution in [0.1, 0.15) is 12.0 Å². The van der Waals surface area contributed by atoms with Gasteiger partial charge in [0.15, 0.2) is 17.5 Å². The predicted octanol–water partition coefficient (Wildman–Crippen LogP) is 3.97. The molecule has 0 atom stereocenters. The number of anilines is 1. The van der Waals surface area contributed by atoms with E-state index in [9.17, 15) is 8.78 Å². The molecule has 0 aromatic heterocycles. The number of ether oxygens (including phenoxy) is 2. The van der Waals surface area contributed by atoms with Crippen molar-refractivity contribution in [3.63, 3.8) is 0 Å². The van der Waals surface area contributed by atoms with E-state index in [0.29, 0.717) is 43.5 Å². The van der Waals surface area contributed by atoms with Crippen LogP contribution in [-0.2, 0) is 6.42 Å². The third-order valence-corrected chi connectivity index (χ3v) is 3.86. The molecule has 27 heavy (non-hydrogen) atoms. The summed E-state index contributed by atoms with van der Waals surface area (Å²) in [4.78, 5) is 4.15. The Kier molecular flexibility index (Phi) is 8.08. The molecule has 0 fully saturated rings. The molecule has 0 unspecified atom stereocenters. The molecule has 1 heterocycles. The molecule has 0 bridgehead atoms. The lowest BCUT2D eigenvalue weighted by atomic mass is 10.1. The molecule has 0 spiro atoms. The molecule has 0 saturated carbocycles. The number of hydrogen-bond acceptors (Lipinski definition) is 3. The van der Waals surface area contributed by atoms with E-state index in [1.54, 1.807) is 7.05 Å². The van der Waals surface area contributed by atoms with E-state index in [2.05, 4.69) is 15.6 Å². The van der Waals surface area contributed by atoms with Gasteiger partial charge >= 0.3 is 0 Å². The van der Waals surface area contributed by atoms with Gasteiger partial charge in [-0.3, -0.25) is 4.99 Å². The van der Waals surface area contributed by atoms with Gasteiger partial charge in [-0.05, 0) is 36.2 Å². The Hall–Kier alpha value is -2.10. The summed E-state index contributed by atoms with van der Waals surface area (Å²) in [6, 6.07) is 9.10. The minimum atomic E-state index is -0.574. The van der Waals surface area contributed by atoms with Crippen LogP contribution in [0.2, 0.25) is 0 Å². The second-order valence-electron chi connectivity index (χ2n) is 5.86. The van der Waals surface area contributed by atoms with Gasteiger partial charge in [0.1, 0.15) is 11.6 Å². The van der Waals surface area contributed by atoms with Crippen LogP contribution >= 0.6 is 24.0 Å². The summed E-state index contributed by atoms with van der Waals surface area (Å²) in [6.45, 7) is 1.74. The molecular formula is C19H22F2IN3O2. The van der Waals surface area contributed by atoms with Gasteiger partial charge in [0.2, 0.25) is 0 Å². The highest BCUT2D eigenvalue weighted by molar-refractivity contribution is 14.0. The number of benzene rings is 2. The van der Waals surface area contributed by atoms with Crippen molar-refractivity contribution in [2.45, 2.75) is 12.8 Å². The largest absolute Gasteiger partial charge is 0.490 e. The van der Waals surface area contributed by atoms with E-state index in [0.717, 1.165) is 23.9 Å².